The second-order valence-electron chi connectivity index (χ2n) is 4.31. The maximum Gasteiger partial charge on any atom is 0.346 e. The molecule has 2 N–H and O–H groups in total. The molecule has 1 heterocycles. The zero-order chi connectivity index (χ0) is 17.0. The highest BCUT2D eigenvalue weighted by atomic mass is 32.1. The van der Waals surface area contributed by atoms with Crippen molar-refractivity contribution in [2.24, 2.45) is 0 Å². The summed E-state index contributed by atoms with van der Waals surface area (Å²) in [5.41, 5.74) is 5.87. The van der Waals surface area contributed by atoms with Gasteiger partial charge in [0, 0.05) is 11.6 Å². The van der Waals surface area contributed by atoms with Crippen LogP contribution >= 0.6 is 11.5 Å². The Bertz CT molecular complexity index is 719. The number of carbonyl (C=O) groups excluding carboxylic acids is 1. The van der Waals surface area contributed by atoms with E-state index in [1.165, 1.54) is 33.5 Å². The minimum atomic E-state index is -0.671. The SMILES string of the molecule is COC(=O)c1c(OCc2cc(OC)cc(OC)c2F)nsc1N. The number of nitrogens with two attached hydrogens (primary N) is 1. The van der Waals surface area contributed by atoms with E-state index in [0.717, 1.165) is 11.5 Å². The van der Waals surface area contributed by atoms with E-state index in [0.29, 0.717) is 5.75 Å². The maximum atomic E-state index is 14.2. The number of ether oxygens (including phenoxy) is 4. The predicted octanol–water partition coefficient (Wildman–Crippen LogP) is 2.25. The molecule has 23 heavy (non-hydrogen) atoms. The van der Waals surface area contributed by atoms with Crippen molar-refractivity contribution in [1.29, 1.82) is 0 Å². The Labute approximate surface area is 135 Å². The van der Waals surface area contributed by atoms with E-state index in [1.54, 1.807) is 0 Å². The summed E-state index contributed by atoms with van der Waals surface area (Å²) < 4.78 is 38.2. The highest BCUT2D eigenvalue weighted by molar-refractivity contribution is 7.10. The van der Waals surface area contributed by atoms with Crippen molar-refractivity contribution >= 4 is 22.5 Å². The van der Waals surface area contributed by atoms with E-state index in [-0.39, 0.29) is 34.4 Å². The Balaban J connectivity index is 2.27. The van der Waals surface area contributed by atoms with Gasteiger partial charge in [0.15, 0.2) is 17.1 Å². The van der Waals surface area contributed by atoms with Gasteiger partial charge >= 0.3 is 5.97 Å². The summed E-state index contributed by atoms with van der Waals surface area (Å²) in [5.74, 6) is -0.839. The zero-order valence-electron chi connectivity index (χ0n) is 12.7. The van der Waals surface area contributed by atoms with E-state index in [2.05, 4.69) is 9.11 Å². The molecule has 0 spiro atoms. The number of hydrogen-bond donors (Lipinski definition) is 1. The molecule has 1 aromatic carbocycles. The number of halogens is 1. The lowest BCUT2D eigenvalue weighted by Gasteiger charge is -2.11. The molecule has 2 rings (SSSR count). The molecule has 0 saturated heterocycles. The summed E-state index contributed by atoms with van der Waals surface area (Å²) in [5, 5.41) is 0.163. The molecule has 9 heteroatoms. The number of benzene rings is 1. The molecule has 0 aliphatic rings. The van der Waals surface area contributed by atoms with E-state index in [1.807, 2.05) is 0 Å². The Morgan fingerprint density at radius 2 is 2.04 bits per heavy atom. The molecule has 0 radical (unpaired) electrons. The first-order chi connectivity index (χ1) is 11.0. The van der Waals surface area contributed by atoms with Gasteiger partial charge in [-0.1, -0.05) is 0 Å². The molecule has 0 aliphatic heterocycles. The fraction of sp³-hybridized carbons (Fsp3) is 0.286. The molecule has 0 saturated carbocycles. The monoisotopic (exact) mass is 342 g/mol. The van der Waals surface area contributed by atoms with Crippen LogP contribution in [0.25, 0.3) is 0 Å². The van der Waals surface area contributed by atoms with Crippen molar-refractivity contribution < 1.29 is 28.1 Å². The van der Waals surface area contributed by atoms with Crippen LogP contribution in [0.4, 0.5) is 9.39 Å². The van der Waals surface area contributed by atoms with E-state index in [9.17, 15) is 9.18 Å². The Kier molecular flexibility index (Phi) is 5.22. The van der Waals surface area contributed by atoms with E-state index < -0.39 is 11.8 Å². The first-order valence-corrected chi connectivity index (χ1v) is 7.15. The van der Waals surface area contributed by atoms with Crippen molar-refractivity contribution in [3.8, 4) is 17.4 Å². The van der Waals surface area contributed by atoms with Gasteiger partial charge in [-0.2, -0.15) is 4.37 Å². The number of esters is 1. The second kappa shape index (κ2) is 7.14. The van der Waals surface area contributed by atoms with Crippen LogP contribution in [0.3, 0.4) is 0 Å². The van der Waals surface area contributed by atoms with Gasteiger partial charge < -0.3 is 24.7 Å². The molecule has 0 bridgehead atoms. The lowest BCUT2D eigenvalue weighted by Crippen LogP contribution is -2.07. The van der Waals surface area contributed by atoms with Crippen molar-refractivity contribution in [3.63, 3.8) is 0 Å². The van der Waals surface area contributed by atoms with Gasteiger partial charge in [0.1, 0.15) is 17.4 Å². The van der Waals surface area contributed by atoms with Crippen LogP contribution in [0.5, 0.6) is 17.4 Å². The molecule has 7 nitrogen and oxygen atoms in total. The third-order valence-electron chi connectivity index (χ3n) is 2.98. The van der Waals surface area contributed by atoms with Crippen molar-refractivity contribution in [3.05, 3.63) is 29.1 Å². The van der Waals surface area contributed by atoms with Crippen LogP contribution in [0.1, 0.15) is 15.9 Å². The summed E-state index contributed by atoms with van der Waals surface area (Å²) in [7, 11) is 4.02. The normalized spacial score (nSPS) is 10.3. The summed E-state index contributed by atoms with van der Waals surface area (Å²) in [6, 6.07) is 2.88. The van der Waals surface area contributed by atoms with Crippen LogP contribution in [0, 0.1) is 5.82 Å². The average Bonchev–Trinajstić information content (AvgIpc) is 2.93. The molecule has 0 atom stereocenters. The number of nitrogen functional groups attached to an aromatic ring is 1. The van der Waals surface area contributed by atoms with Gasteiger partial charge in [0.05, 0.1) is 21.3 Å². The molecule has 2 aromatic rings. The first-order valence-electron chi connectivity index (χ1n) is 6.38. The molecule has 0 unspecified atom stereocenters. The second-order valence-corrected chi connectivity index (χ2v) is 5.11. The van der Waals surface area contributed by atoms with Crippen molar-refractivity contribution in [1.82, 2.24) is 4.37 Å². The number of rotatable bonds is 6. The van der Waals surface area contributed by atoms with Crippen LogP contribution in [0.15, 0.2) is 12.1 Å². The fourth-order valence-electron chi connectivity index (χ4n) is 1.82. The Morgan fingerprint density at radius 1 is 1.30 bits per heavy atom. The Morgan fingerprint density at radius 3 is 2.65 bits per heavy atom. The molecular weight excluding hydrogens is 327 g/mol. The van der Waals surface area contributed by atoms with Gasteiger partial charge in [0.25, 0.3) is 0 Å². The Hall–Kier alpha value is -2.55. The van der Waals surface area contributed by atoms with Gasteiger partial charge in [-0.15, -0.1) is 0 Å². The molecule has 0 aliphatic carbocycles. The maximum absolute atomic E-state index is 14.2. The van der Waals surface area contributed by atoms with Gasteiger partial charge in [-0.05, 0) is 17.6 Å². The molecule has 124 valence electrons. The number of aromatic nitrogens is 1. The molecule has 0 fully saturated rings. The van der Waals surface area contributed by atoms with Crippen LogP contribution in [-0.4, -0.2) is 31.7 Å². The quantitative estimate of drug-likeness (QED) is 0.805. The number of anilines is 1. The standard InChI is InChI=1S/C14H15FN2O5S/c1-19-8-4-7(11(15)9(5-8)20-2)6-22-13-10(14(18)21-3)12(16)23-17-13/h4-5H,6,16H2,1-3H3. The average molecular weight is 342 g/mol. The van der Waals surface area contributed by atoms with Crippen molar-refractivity contribution in [2.75, 3.05) is 27.1 Å². The minimum absolute atomic E-state index is 0.0134. The topological polar surface area (TPSA) is 92.9 Å². The number of nitrogens with zero attached hydrogens (tertiary/aromatic N) is 1. The number of hydrogen-bond acceptors (Lipinski definition) is 8. The van der Waals surface area contributed by atoms with Gasteiger partial charge in [-0.3, -0.25) is 0 Å². The molecule has 0 amide bonds. The lowest BCUT2D eigenvalue weighted by molar-refractivity contribution is 0.0596. The van der Waals surface area contributed by atoms with Crippen LogP contribution < -0.4 is 19.9 Å². The molecule has 1 aromatic heterocycles. The summed E-state index contributed by atoms with van der Waals surface area (Å²) in [6.07, 6.45) is 0. The number of carbonyl (C=O) groups is 1. The zero-order valence-corrected chi connectivity index (χ0v) is 13.5. The van der Waals surface area contributed by atoms with E-state index >= 15 is 0 Å². The number of methoxy groups -OCH3 is 3. The van der Waals surface area contributed by atoms with Gasteiger partial charge in [-0.25, -0.2) is 9.18 Å². The lowest BCUT2D eigenvalue weighted by atomic mass is 10.2. The van der Waals surface area contributed by atoms with E-state index in [4.69, 9.17) is 19.9 Å². The highest BCUT2D eigenvalue weighted by Crippen LogP contribution is 2.31. The largest absolute Gasteiger partial charge is 0.497 e. The summed E-state index contributed by atoms with van der Waals surface area (Å²) in [4.78, 5) is 11.7. The molecular formula is C14H15FN2O5S. The highest BCUT2D eigenvalue weighted by Gasteiger charge is 2.22. The predicted molar refractivity (Wildman–Crippen MR) is 81.7 cm³/mol. The smallest absolute Gasteiger partial charge is 0.346 e. The third-order valence-corrected chi connectivity index (χ3v) is 3.64. The van der Waals surface area contributed by atoms with Crippen LogP contribution in [0.2, 0.25) is 0 Å². The summed E-state index contributed by atoms with van der Waals surface area (Å²) >= 11 is 0.888. The summed E-state index contributed by atoms with van der Waals surface area (Å²) in [6.45, 7) is -0.188. The van der Waals surface area contributed by atoms with Gasteiger partial charge in [0.2, 0.25) is 5.88 Å². The minimum Gasteiger partial charge on any atom is -0.497 e. The fourth-order valence-corrected chi connectivity index (χ4v) is 2.41. The third kappa shape index (κ3) is 3.45. The first kappa shape index (κ1) is 16.8. The van der Waals surface area contributed by atoms with Crippen LogP contribution in [-0.2, 0) is 11.3 Å². The van der Waals surface area contributed by atoms with Crippen molar-refractivity contribution in [2.45, 2.75) is 6.61 Å².